The van der Waals surface area contributed by atoms with E-state index in [1.165, 1.54) is 0 Å². The molecule has 5 atom stereocenters. The topological polar surface area (TPSA) is 129 Å². The van der Waals surface area contributed by atoms with Gasteiger partial charge in [0, 0.05) is 17.5 Å². The molecule has 0 aromatic rings. The molecule has 2 saturated carbocycles. The van der Waals surface area contributed by atoms with E-state index in [1.54, 1.807) is 0 Å². The van der Waals surface area contributed by atoms with Crippen molar-refractivity contribution < 1.29 is 9.59 Å². The van der Waals surface area contributed by atoms with Crippen LogP contribution in [0.3, 0.4) is 0 Å². The highest BCUT2D eigenvalue weighted by Crippen LogP contribution is 2.60. The van der Waals surface area contributed by atoms with Crippen molar-refractivity contribution in [2.24, 2.45) is 40.4 Å². The summed E-state index contributed by atoms with van der Waals surface area (Å²) in [5.41, 5.74) is -3.95. The number of carbonyl (C=O) groups is 2. The van der Waals surface area contributed by atoms with Gasteiger partial charge in [0.1, 0.15) is 17.5 Å². The molecule has 2 aliphatic carbocycles. The van der Waals surface area contributed by atoms with Crippen LogP contribution in [0.1, 0.15) is 40.0 Å². The molecule has 0 amide bonds. The number of Topliss-reactive ketones (excluding diaryl/α,β-unsaturated/α-hetero) is 1. The Balaban J connectivity index is 2.73. The fourth-order valence-corrected chi connectivity index (χ4v) is 4.75. The zero-order valence-electron chi connectivity index (χ0n) is 14.7. The number of hydrogen-bond donors (Lipinski definition) is 1. The summed E-state index contributed by atoms with van der Waals surface area (Å²) >= 11 is 0. The van der Waals surface area contributed by atoms with Crippen molar-refractivity contribution in [1.29, 1.82) is 21.2 Å². The van der Waals surface area contributed by atoms with Gasteiger partial charge in [-0.2, -0.15) is 15.8 Å². The Bertz CT molecular complexity index is 722. The zero-order chi connectivity index (χ0) is 19.0. The fraction of sp³-hybridized carbons (Fsp3) is 0.684. The molecule has 0 heterocycles. The highest BCUT2D eigenvalue weighted by atomic mass is 16.1. The van der Waals surface area contributed by atoms with Gasteiger partial charge in [0.15, 0.2) is 5.41 Å². The molecule has 0 aromatic carbocycles. The Morgan fingerprint density at radius 3 is 2.24 bits per heavy atom. The largest absolute Gasteiger partial charge is 0.307 e. The Morgan fingerprint density at radius 1 is 1.20 bits per heavy atom. The zero-order valence-corrected chi connectivity index (χ0v) is 14.7. The molecule has 25 heavy (non-hydrogen) atoms. The lowest BCUT2D eigenvalue weighted by Gasteiger charge is -2.45. The predicted molar refractivity (Wildman–Crippen MR) is 88.8 cm³/mol. The average Bonchev–Trinajstić information content (AvgIpc) is 2.84. The third-order valence-corrected chi connectivity index (χ3v) is 6.16. The second-order valence-electron chi connectivity index (χ2n) is 7.69. The van der Waals surface area contributed by atoms with E-state index in [4.69, 9.17) is 5.41 Å². The van der Waals surface area contributed by atoms with E-state index >= 15 is 0 Å². The molecule has 2 fully saturated rings. The van der Waals surface area contributed by atoms with Crippen LogP contribution in [-0.4, -0.2) is 17.8 Å². The maximum Gasteiger partial charge on any atom is 0.169 e. The van der Waals surface area contributed by atoms with Crippen molar-refractivity contribution in [2.45, 2.75) is 40.0 Å². The molecule has 1 unspecified atom stereocenters. The molecule has 0 aromatic heterocycles. The third kappa shape index (κ3) is 2.30. The minimum Gasteiger partial charge on any atom is -0.307 e. The average molecular weight is 338 g/mol. The monoisotopic (exact) mass is 338 g/mol. The van der Waals surface area contributed by atoms with Gasteiger partial charge in [-0.25, -0.2) is 0 Å². The van der Waals surface area contributed by atoms with Crippen molar-refractivity contribution in [3.8, 4) is 18.2 Å². The van der Waals surface area contributed by atoms with E-state index in [9.17, 15) is 25.4 Å². The summed E-state index contributed by atoms with van der Waals surface area (Å²) in [6, 6.07) is 5.85. The van der Waals surface area contributed by atoms with Gasteiger partial charge in [-0.3, -0.25) is 4.79 Å². The molecule has 0 aliphatic heterocycles. The standard InChI is InChI=1S/C19H22N4O2/c1-11(2)14-5-4-12(3)15(16(14)25)19(10-22)17(23)13(7-24)6-18(19,8-20)9-21/h7,11-15,23H,4-6H2,1-3H3/t12-,13?,14-,15-,19-/m1/s1. The number of ketones is 1. The van der Waals surface area contributed by atoms with Crippen LogP contribution in [0.25, 0.3) is 0 Å². The van der Waals surface area contributed by atoms with Gasteiger partial charge in [0.05, 0.1) is 24.1 Å². The van der Waals surface area contributed by atoms with Crippen LogP contribution in [0.4, 0.5) is 0 Å². The molecule has 0 saturated heterocycles. The molecular formula is C19H22N4O2. The van der Waals surface area contributed by atoms with Crippen molar-refractivity contribution >= 4 is 17.8 Å². The predicted octanol–water partition coefficient (Wildman–Crippen LogP) is 2.66. The molecule has 6 heteroatoms. The van der Waals surface area contributed by atoms with Crippen LogP contribution in [0, 0.1) is 79.8 Å². The van der Waals surface area contributed by atoms with Gasteiger partial charge < -0.3 is 10.2 Å². The van der Waals surface area contributed by atoms with E-state index in [0.29, 0.717) is 19.1 Å². The lowest BCUT2D eigenvalue weighted by molar-refractivity contribution is -0.136. The molecule has 130 valence electrons. The Labute approximate surface area is 147 Å². The number of nitriles is 3. The fourth-order valence-electron chi connectivity index (χ4n) is 4.75. The number of nitrogens with one attached hydrogen (secondary N) is 1. The number of carbonyl (C=O) groups excluding carboxylic acids is 2. The first kappa shape index (κ1) is 18.8. The molecular weight excluding hydrogens is 316 g/mol. The van der Waals surface area contributed by atoms with E-state index in [-0.39, 0.29) is 35.7 Å². The van der Waals surface area contributed by atoms with Crippen LogP contribution >= 0.6 is 0 Å². The molecule has 0 radical (unpaired) electrons. The van der Waals surface area contributed by atoms with E-state index in [2.05, 4.69) is 0 Å². The summed E-state index contributed by atoms with van der Waals surface area (Å²) in [6.07, 6.45) is 1.71. The van der Waals surface area contributed by atoms with Gasteiger partial charge in [-0.05, 0) is 31.1 Å². The third-order valence-electron chi connectivity index (χ3n) is 6.16. The minimum absolute atomic E-state index is 0.0780. The van der Waals surface area contributed by atoms with Crippen molar-refractivity contribution in [2.75, 3.05) is 0 Å². The van der Waals surface area contributed by atoms with Gasteiger partial charge in [0.25, 0.3) is 0 Å². The molecule has 6 nitrogen and oxygen atoms in total. The van der Waals surface area contributed by atoms with E-state index in [1.807, 2.05) is 39.0 Å². The number of nitrogens with zero attached hydrogens (tertiary/aromatic N) is 3. The normalized spacial score (nSPS) is 37.2. The van der Waals surface area contributed by atoms with Crippen LogP contribution < -0.4 is 0 Å². The van der Waals surface area contributed by atoms with E-state index in [0.717, 1.165) is 0 Å². The molecule has 0 spiro atoms. The van der Waals surface area contributed by atoms with Crippen molar-refractivity contribution in [1.82, 2.24) is 0 Å². The Hall–Kier alpha value is -2.52. The van der Waals surface area contributed by atoms with E-state index < -0.39 is 22.7 Å². The van der Waals surface area contributed by atoms with Gasteiger partial charge in [-0.15, -0.1) is 0 Å². The second-order valence-corrected chi connectivity index (χ2v) is 7.69. The summed E-state index contributed by atoms with van der Waals surface area (Å²) in [6.45, 7) is 5.70. The minimum atomic E-state index is -1.86. The maximum absolute atomic E-state index is 13.2. The lowest BCUT2D eigenvalue weighted by atomic mass is 9.52. The van der Waals surface area contributed by atoms with Crippen LogP contribution in [-0.2, 0) is 9.59 Å². The summed E-state index contributed by atoms with van der Waals surface area (Å²) in [4.78, 5) is 24.6. The van der Waals surface area contributed by atoms with Gasteiger partial charge >= 0.3 is 0 Å². The van der Waals surface area contributed by atoms with Gasteiger partial charge in [-0.1, -0.05) is 20.8 Å². The number of hydrogen-bond acceptors (Lipinski definition) is 6. The van der Waals surface area contributed by atoms with Gasteiger partial charge in [0.2, 0.25) is 0 Å². The Kier molecular flexibility index (Phi) is 4.83. The number of aldehydes is 1. The van der Waals surface area contributed by atoms with Crippen molar-refractivity contribution in [3.63, 3.8) is 0 Å². The van der Waals surface area contributed by atoms with Crippen LogP contribution in [0.5, 0.6) is 0 Å². The maximum atomic E-state index is 13.2. The highest BCUT2D eigenvalue weighted by molar-refractivity contribution is 6.08. The first-order chi connectivity index (χ1) is 11.8. The van der Waals surface area contributed by atoms with Crippen LogP contribution in [0.2, 0.25) is 0 Å². The number of rotatable bonds is 3. The summed E-state index contributed by atoms with van der Waals surface area (Å²) in [7, 11) is 0. The SMILES string of the molecule is CC(C)[C@H]1CC[C@@H](C)[C@@H]([C@]2(C#N)C(=N)C(C=O)CC2(C#N)C#N)C1=O. The van der Waals surface area contributed by atoms with Crippen LogP contribution in [0.15, 0.2) is 0 Å². The lowest BCUT2D eigenvalue weighted by Crippen LogP contribution is -2.54. The first-order valence-corrected chi connectivity index (χ1v) is 8.58. The Morgan fingerprint density at radius 2 is 1.80 bits per heavy atom. The molecule has 2 rings (SSSR count). The summed E-state index contributed by atoms with van der Waals surface area (Å²) in [5, 5.41) is 38.0. The molecule has 1 N–H and O–H groups in total. The molecule has 2 aliphatic rings. The summed E-state index contributed by atoms with van der Waals surface area (Å²) < 4.78 is 0. The second kappa shape index (κ2) is 6.41. The molecule has 0 bridgehead atoms. The highest BCUT2D eigenvalue weighted by Gasteiger charge is 2.70. The first-order valence-electron chi connectivity index (χ1n) is 8.58. The quantitative estimate of drug-likeness (QED) is 0.791. The van der Waals surface area contributed by atoms with Crippen molar-refractivity contribution in [3.05, 3.63) is 0 Å². The summed E-state index contributed by atoms with van der Waals surface area (Å²) in [5.74, 6) is -2.44. The smallest absolute Gasteiger partial charge is 0.169 e.